The molecule has 6 nitrogen and oxygen atoms in total. The zero-order valence-corrected chi connectivity index (χ0v) is 22.0. The maximum absolute atomic E-state index is 14.1. The van der Waals surface area contributed by atoms with Crippen LogP contribution in [0.5, 0.6) is 0 Å². The van der Waals surface area contributed by atoms with E-state index in [4.69, 9.17) is 0 Å². The Hall–Kier alpha value is -2.18. The minimum atomic E-state index is -0.284. The number of aliphatic hydroxyl groups is 1. The van der Waals surface area contributed by atoms with Gasteiger partial charge >= 0.3 is 0 Å². The number of aromatic nitrogens is 1. The molecule has 0 atom stereocenters. The van der Waals surface area contributed by atoms with E-state index in [1.54, 1.807) is 4.57 Å². The Morgan fingerprint density at radius 3 is 2.39 bits per heavy atom. The number of carbonyl (C=O) groups is 1. The van der Waals surface area contributed by atoms with Crippen LogP contribution in [0, 0.1) is 5.92 Å². The van der Waals surface area contributed by atoms with Crippen LogP contribution < -0.4 is 5.56 Å². The largest absolute Gasteiger partial charge is 0.393 e. The third kappa shape index (κ3) is 5.26. The number of aryl methyl sites for hydroxylation is 1. The summed E-state index contributed by atoms with van der Waals surface area (Å²) in [6, 6.07) is 9.98. The van der Waals surface area contributed by atoms with Gasteiger partial charge in [-0.2, -0.15) is 0 Å². The quantitative estimate of drug-likeness (QED) is 0.638. The van der Waals surface area contributed by atoms with E-state index >= 15 is 0 Å². The van der Waals surface area contributed by atoms with Crippen LogP contribution in [0.2, 0.25) is 0 Å². The van der Waals surface area contributed by atoms with Crippen LogP contribution in [0.25, 0.3) is 10.9 Å². The Labute approximate surface area is 215 Å². The maximum Gasteiger partial charge on any atom is 0.255 e. The summed E-state index contributed by atoms with van der Waals surface area (Å²) in [7, 11) is 1.83. The van der Waals surface area contributed by atoms with Crippen molar-refractivity contribution in [1.29, 1.82) is 0 Å². The van der Waals surface area contributed by atoms with Gasteiger partial charge in [-0.1, -0.05) is 43.9 Å². The second-order valence-corrected chi connectivity index (χ2v) is 11.6. The number of rotatable bonds is 6. The average molecular weight is 494 g/mol. The molecule has 5 rings (SSSR count). The molecule has 1 N–H and O–H groups in total. The van der Waals surface area contributed by atoms with Gasteiger partial charge < -0.3 is 14.6 Å². The number of amides is 1. The first kappa shape index (κ1) is 25.5. The minimum Gasteiger partial charge on any atom is -0.393 e. The lowest BCUT2D eigenvalue weighted by Crippen LogP contribution is -2.59. The average Bonchev–Trinajstić information content (AvgIpc) is 2.92. The lowest BCUT2D eigenvalue weighted by Gasteiger charge is -2.50. The summed E-state index contributed by atoms with van der Waals surface area (Å²) in [6.07, 6.45) is 12.3. The van der Waals surface area contributed by atoms with Crippen molar-refractivity contribution in [1.82, 2.24) is 14.4 Å². The van der Waals surface area contributed by atoms with Gasteiger partial charge in [0.05, 0.1) is 18.2 Å². The summed E-state index contributed by atoms with van der Waals surface area (Å²) in [5, 5.41) is 11.1. The normalized spacial score (nSPS) is 25.1. The van der Waals surface area contributed by atoms with Gasteiger partial charge in [-0.15, -0.1) is 0 Å². The lowest BCUT2D eigenvalue weighted by molar-refractivity contribution is -0.141. The Bertz CT molecular complexity index is 1110. The van der Waals surface area contributed by atoms with E-state index < -0.39 is 0 Å². The van der Waals surface area contributed by atoms with E-state index in [1.807, 2.05) is 42.3 Å². The molecule has 2 saturated carbocycles. The van der Waals surface area contributed by atoms with E-state index in [9.17, 15) is 14.7 Å². The molecule has 2 aliphatic carbocycles. The zero-order valence-electron chi connectivity index (χ0n) is 22.0. The molecule has 1 aliphatic heterocycles. The molecule has 2 aromatic rings. The van der Waals surface area contributed by atoms with Crippen molar-refractivity contribution < 1.29 is 9.90 Å². The molecule has 0 unspecified atom stereocenters. The monoisotopic (exact) mass is 493 g/mol. The van der Waals surface area contributed by atoms with Crippen LogP contribution in [-0.2, 0) is 18.4 Å². The van der Waals surface area contributed by atoms with Crippen molar-refractivity contribution in [3.8, 4) is 0 Å². The fraction of sp³-hybridized carbons (Fsp3) is 0.667. The number of carbonyl (C=O) groups excluding carboxylic acids is 1. The molecule has 1 saturated heterocycles. The molecule has 6 heteroatoms. The molecular weight excluding hydrogens is 450 g/mol. The fourth-order valence-electron chi connectivity index (χ4n) is 7.11. The molecule has 2 heterocycles. The number of aliphatic hydroxyl groups excluding tert-OH is 1. The van der Waals surface area contributed by atoms with Crippen LogP contribution in [0.3, 0.4) is 0 Å². The van der Waals surface area contributed by atoms with E-state index in [0.717, 1.165) is 49.7 Å². The Morgan fingerprint density at radius 1 is 1.00 bits per heavy atom. The lowest BCUT2D eigenvalue weighted by atomic mass is 9.78. The Morgan fingerprint density at radius 2 is 1.67 bits per heavy atom. The number of pyridine rings is 1. The summed E-state index contributed by atoms with van der Waals surface area (Å²) in [5.41, 5.74) is 1.62. The number of likely N-dealkylation sites (tertiary alicyclic amines) is 1. The van der Waals surface area contributed by atoms with Gasteiger partial charge in [0, 0.05) is 30.6 Å². The smallest absolute Gasteiger partial charge is 0.255 e. The van der Waals surface area contributed by atoms with Crippen molar-refractivity contribution in [2.45, 2.75) is 95.2 Å². The van der Waals surface area contributed by atoms with Gasteiger partial charge in [0.1, 0.15) is 0 Å². The minimum absolute atomic E-state index is 0.0127. The summed E-state index contributed by atoms with van der Waals surface area (Å²) in [6.45, 7) is 3.32. The van der Waals surface area contributed by atoms with E-state index in [2.05, 4.69) is 4.90 Å². The topological polar surface area (TPSA) is 65.8 Å². The van der Waals surface area contributed by atoms with Crippen molar-refractivity contribution >= 4 is 16.8 Å². The summed E-state index contributed by atoms with van der Waals surface area (Å²) < 4.78 is 1.73. The standard InChI is InChI=1S/C30H43N3O3/c1-31-27-11-5-4-10-24(27)20-25(28(31)35)21-32(29(36)23-12-14-26(34)15-13-23)22-30(16-6-2-7-17-30)33-18-8-3-9-19-33/h4-5,10-11,20,23,26,34H,2-3,6-9,12-19,21-22H2,1H3/t23-,26+. The van der Waals surface area contributed by atoms with Crippen LogP contribution in [0.15, 0.2) is 35.1 Å². The molecule has 36 heavy (non-hydrogen) atoms. The van der Waals surface area contributed by atoms with E-state index in [-0.39, 0.29) is 29.0 Å². The maximum atomic E-state index is 14.1. The molecule has 0 bridgehead atoms. The highest BCUT2D eigenvalue weighted by Gasteiger charge is 2.42. The first-order valence-corrected chi connectivity index (χ1v) is 14.3. The van der Waals surface area contributed by atoms with Crippen LogP contribution in [0.4, 0.5) is 0 Å². The van der Waals surface area contributed by atoms with Gasteiger partial charge in [0.2, 0.25) is 5.91 Å². The molecule has 1 aromatic carbocycles. The van der Waals surface area contributed by atoms with Crippen molar-refractivity contribution in [2.75, 3.05) is 19.6 Å². The second-order valence-electron chi connectivity index (χ2n) is 11.6. The van der Waals surface area contributed by atoms with Gasteiger partial charge in [0.25, 0.3) is 5.56 Å². The molecule has 1 aromatic heterocycles. The summed E-state index contributed by atoms with van der Waals surface area (Å²) in [5.74, 6) is 0.124. The predicted octanol–water partition coefficient (Wildman–Crippen LogP) is 4.61. The van der Waals surface area contributed by atoms with Crippen molar-refractivity contribution in [3.05, 3.63) is 46.2 Å². The molecule has 196 valence electrons. The predicted molar refractivity (Wildman–Crippen MR) is 144 cm³/mol. The van der Waals surface area contributed by atoms with E-state index in [1.165, 1.54) is 38.5 Å². The first-order valence-electron chi connectivity index (χ1n) is 14.3. The number of nitrogens with zero attached hydrogens (tertiary/aromatic N) is 3. The van der Waals surface area contributed by atoms with Crippen molar-refractivity contribution in [2.24, 2.45) is 13.0 Å². The van der Waals surface area contributed by atoms with Gasteiger partial charge in [0.15, 0.2) is 0 Å². The highest BCUT2D eigenvalue weighted by Crippen LogP contribution is 2.37. The van der Waals surface area contributed by atoms with Gasteiger partial charge in [-0.05, 0) is 82.0 Å². The third-order valence-corrected chi connectivity index (χ3v) is 9.22. The Balaban J connectivity index is 1.49. The van der Waals surface area contributed by atoms with Gasteiger partial charge in [-0.3, -0.25) is 14.5 Å². The van der Waals surface area contributed by atoms with Crippen LogP contribution >= 0.6 is 0 Å². The SMILES string of the molecule is Cn1c(=O)c(CN(CC2(N3CCCCC3)CCCCC2)C(=O)[C@H]2CC[C@@H](O)CC2)cc2ccccc21. The molecule has 0 radical (unpaired) electrons. The fourth-order valence-corrected chi connectivity index (χ4v) is 7.11. The summed E-state index contributed by atoms with van der Waals surface area (Å²) in [4.78, 5) is 32.2. The van der Waals surface area contributed by atoms with Gasteiger partial charge in [-0.25, -0.2) is 0 Å². The Kier molecular flexibility index (Phi) is 7.82. The molecule has 3 fully saturated rings. The summed E-state index contributed by atoms with van der Waals surface area (Å²) >= 11 is 0. The highest BCUT2D eigenvalue weighted by atomic mass is 16.3. The molecule has 1 amide bonds. The molecule has 3 aliphatic rings. The highest BCUT2D eigenvalue weighted by molar-refractivity contribution is 5.81. The molecule has 0 spiro atoms. The van der Waals surface area contributed by atoms with Crippen molar-refractivity contribution in [3.63, 3.8) is 0 Å². The number of hydrogen-bond donors (Lipinski definition) is 1. The molecular formula is C30H43N3O3. The van der Waals surface area contributed by atoms with Crippen LogP contribution in [0.1, 0.15) is 82.6 Å². The van der Waals surface area contributed by atoms with E-state index in [0.29, 0.717) is 31.5 Å². The zero-order chi connectivity index (χ0) is 25.1. The third-order valence-electron chi connectivity index (χ3n) is 9.22. The number of para-hydroxylation sites is 1. The number of hydrogen-bond acceptors (Lipinski definition) is 4. The number of piperidine rings is 1. The first-order chi connectivity index (χ1) is 17.5. The van der Waals surface area contributed by atoms with Crippen LogP contribution in [-0.4, -0.2) is 56.7 Å². The second kappa shape index (κ2) is 11.1. The number of benzene rings is 1. The number of fused-ring (bicyclic) bond motifs is 1.